The summed E-state index contributed by atoms with van der Waals surface area (Å²) in [5.74, 6) is -0.744. The second kappa shape index (κ2) is 11.7. The van der Waals surface area contributed by atoms with Crippen LogP contribution in [0.2, 0.25) is 0 Å². The van der Waals surface area contributed by atoms with Crippen molar-refractivity contribution in [3.63, 3.8) is 0 Å². The Morgan fingerprint density at radius 1 is 1.20 bits per heavy atom. The van der Waals surface area contributed by atoms with Crippen LogP contribution < -0.4 is 0 Å². The van der Waals surface area contributed by atoms with E-state index in [-0.39, 0.29) is 18.8 Å². The Morgan fingerprint density at radius 3 is 2.55 bits per heavy atom. The number of rotatable bonds is 10. The third-order valence-corrected chi connectivity index (χ3v) is 2.91. The summed E-state index contributed by atoms with van der Waals surface area (Å²) in [5, 5.41) is 8.56. The number of carbonyl (C=O) groups is 1. The van der Waals surface area contributed by atoms with Gasteiger partial charge in [0.15, 0.2) is 0 Å². The fraction of sp³-hybridized carbons (Fsp3) is 0.533. The van der Waals surface area contributed by atoms with Crippen LogP contribution in [-0.4, -0.2) is 49.3 Å². The molecule has 0 fully saturated rings. The predicted octanol–water partition coefficient (Wildman–Crippen LogP) is 2.46. The Bertz CT molecular complexity index is 359. The van der Waals surface area contributed by atoms with Crippen molar-refractivity contribution in [3.05, 3.63) is 35.9 Å². The molecule has 0 aromatic heterocycles. The molecule has 0 spiro atoms. The monoisotopic (exact) mass is 301 g/mol. The van der Waals surface area contributed by atoms with Gasteiger partial charge in [-0.05, 0) is 25.5 Å². The minimum Gasteiger partial charge on any atom is -0.481 e. The molecule has 20 heavy (non-hydrogen) atoms. The summed E-state index contributed by atoms with van der Waals surface area (Å²) >= 11 is 0. The Hall–Kier alpha value is -1.10. The van der Waals surface area contributed by atoms with Crippen LogP contribution in [0.15, 0.2) is 30.3 Å². The summed E-state index contributed by atoms with van der Waals surface area (Å²) in [5.41, 5.74) is 1.29. The van der Waals surface area contributed by atoms with Crippen molar-refractivity contribution in [2.45, 2.75) is 19.3 Å². The topological polar surface area (TPSA) is 49.8 Å². The highest BCUT2D eigenvalue weighted by Gasteiger charge is 2.02. The Labute approximate surface area is 127 Å². The van der Waals surface area contributed by atoms with Crippen LogP contribution in [0.25, 0.3) is 0 Å². The fourth-order valence-corrected chi connectivity index (χ4v) is 1.77. The summed E-state index contributed by atoms with van der Waals surface area (Å²) in [6, 6.07) is 10.3. The molecule has 0 aliphatic carbocycles. The zero-order chi connectivity index (χ0) is 13.9. The molecule has 0 aliphatic rings. The van der Waals surface area contributed by atoms with E-state index in [9.17, 15) is 4.79 Å². The molecule has 0 unspecified atom stereocenters. The van der Waals surface area contributed by atoms with Gasteiger partial charge in [0.25, 0.3) is 0 Å². The normalized spacial score (nSPS) is 10.3. The second-order valence-corrected chi connectivity index (χ2v) is 4.65. The van der Waals surface area contributed by atoms with Crippen molar-refractivity contribution in [3.8, 4) is 0 Å². The van der Waals surface area contributed by atoms with Gasteiger partial charge < -0.3 is 14.7 Å². The third kappa shape index (κ3) is 9.78. The zero-order valence-corrected chi connectivity index (χ0v) is 12.8. The number of halogens is 1. The number of hydrogen-bond donors (Lipinski definition) is 1. The van der Waals surface area contributed by atoms with Gasteiger partial charge in [0.1, 0.15) is 0 Å². The first-order valence-electron chi connectivity index (χ1n) is 6.70. The highest BCUT2D eigenvalue weighted by molar-refractivity contribution is 5.85. The van der Waals surface area contributed by atoms with Gasteiger partial charge in [0, 0.05) is 19.7 Å². The van der Waals surface area contributed by atoms with Crippen LogP contribution in [0.1, 0.15) is 18.4 Å². The Morgan fingerprint density at radius 2 is 1.90 bits per heavy atom. The molecule has 0 heterocycles. The second-order valence-electron chi connectivity index (χ2n) is 4.65. The molecule has 0 saturated heterocycles. The maximum absolute atomic E-state index is 10.4. The molecular formula is C15H24ClNO3. The molecule has 1 N–H and O–H groups in total. The standard InChI is InChI=1S/C15H23NO3.ClH/c1-16(11-8-15(17)18)10-5-12-19-13-9-14-6-3-2-4-7-14;/h2-4,6-7H,5,8-13H2,1H3,(H,17,18);1H. The number of carboxylic acid groups (broad SMARTS) is 1. The molecule has 0 amide bonds. The van der Waals surface area contributed by atoms with Crippen molar-refractivity contribution < 1.29 is 14.6 Å². The van der Waals surface area contributed by atoms with Crippen LogP contribution in [0.5, 0.6) is 0 Å². The Kier molecular flexibility index (Phi) is 11.1. The van der Waals surface area contributed by atoms with Crippen molar-refractivity contribution in [1.29, 1.82) is 0 Å². The number of benzene rings is 1. The number of carboxylic acids is 1. The maximum Gasteiger partial charge on any atom is 0.304 e. The first kappa shape index (κ1) is 18.9. The minimum atomic E-state index is -0.744. The molecule has 0 bridgehead atoms. The van der Waals surface area contributed by atoms with Gasteiger partial charge in [0.05, 0.1) is 13.0 Å². The molecule has 0 aliphatic heterocycles. The largest absolute Gasteiger partial charge is 0.481 e. The van der Waals surface area contributed by atoms with E-state index >= 15 is 0 Å². The highest BCUT2D eigenvalue weighted by atomic mass is 35.5. The van der Waals surface area contributed by atoms with Crippen molar-refractivity contribution in [1.82, 2.24) is 4.90 Å². The van der Waals surface area contributed by atoms with E-state index in [0.29, 0.717) is 6.54 Å². The van der Waals surface area contributed by atoms with Gasteiger partial charge in [-0.25, -0.2) is 0 Å². The lowest BCUT2D eigenvalue weighted by Gasteiger charge is -2.15. The van der Waals surface area contributed by atoms with Gasteiger partial charge in [-0.3, -0.25) is 4.79 Å². The van der Waals surface area contributed by atoms with Crippen molar-refractivity contribution in [2.24, 2.45) is 0 Å². The molecule has 0 atom stereocenters. The molecule has 4 nitrogen and oxygen atoms in total. The van der Waals surface area contributed by atoms with Gasteiger partial charge >= 0.3 is 5.97 Å². The number of hydrogen-bond acceptors (Lipinski definition) is 3. The van der Waals surface area contributed by atoms with Crippen molar-refractivity contribution in [2.75, 3.05) is 33.4 Å². The van der Waals surface area contributed by atoms with Crippen LogP contribution in [-0.2, 0) is 16.0 Å². The third-order valence-electron chi connectivity index (χ3n) is 2.91. The lowest BCUT2D eigenvalue weighted by molar-refractivity contribution is -0.137. The van der Waals surface area contributed by atoms with Crippen LogP contribution in [0.3, 0.4) is 0 Å². The molecular weight excluding hydrogens is 278 g/mol. The smallest absolute Gasteiger partial charge is 0.304 e. The average molecular weight is 302 g/mol. The Balaban J connectivity index is 0.00000361. The molecule has 0 saturated carbocycles. The number of ether oxygens (including phenoxy) is 1. The molecule has 0 radical (unpaired) electrons. The maximum atomic E-state index is 10.4. The first-order chi connectivity index (χ1) is 9.18. The van der Waals surface area contributed by atoms with Crippen LogP contribution in [0.4, 0.5) is 0 Å². The van der Waals surface area contributed by atoms with Crippen LogP contribution in [0, 0.1) is 0 Å². The van der Waals surface area contributed by atoms with Gasteiger partial charge in [-0.15, -0.1) is 12.4 Å². The zero-order valence-electron chi connectivity index (χ0n) is 12.0. The van der Waals surface area contributed by atoms with Gasteiger partial charge in [-0.1, -0.05) is 30.3 Å². The van der Waals surface area contributed by atoms with Crippen LogP contribution >= 0.6 is 12.4 Å². The van der Waals surface area contributed by atoms with Gasteiger partial charge in [-0.2, -0.15) is 0 Å². The van der Waals surface area contributed by atoms with E-state index in [1.165, 1.54) is 5.56 Å². The summed E-state index contributed by atoms with van der Waals surface area (Å²) in [6.45, 7) is 2.94. The molecule has 1 aromatic rings. The summed E-state index contributed by atoms with van der Waals surface area (Å²) in [6.07, 6.45) is 2.08. The predicted molar refractivity (Wildman–Crippen MR) is 82.6 cm³/mol. The molecule has 114 valence electrons. The van der Waals surface area contributed by atoms with E-state index in [1.54, 1.807) is 0 Å². The molecule has 1 aromatic carbocycles. The lowest BCUT2D eigenvalue weighted by atomic mass is 10.2. The fourth-order valence-electron chi connectivity index (χ4n) is 1.77. The lowest BCUT2D eigenvalue weighted by Crippen LogP contribution is -2.23. The summed E-state index contributed by atoms with van der Waals surface area (Å²) < 4.78 is 5.57. The van der Waals surface area contributed by atoms with E-state index in [0.717, 1.165) is 32.6 Å². The number of nitrogens with zero attached hydrogens (tertiary/aromatic N) is 1. The first-order valence-corrected chi connectivity index (χ1v) is 6.70. The quantitative estimate of drug-likeness (QED) is 0.675. The SMILES string of the molecule is CN(CCCOCCc1ccccc1)CCC(=O)O.Cl. The summed E-state index contributed by atoms with van der Waals surface area (Å²) in [7, 11) is 1.94. The minimum absolute atomic E-state index is 0. The summed E-state index contributed by atoms with van der Waals surface area (Å²) in [4.78, 5) is 12.4. The highest BCUT2D eigenvalue weighted by Crippen LogP contribution is 2.00. The molecule has 5 heteroatoms. The van der Waals surface area contributed by atoms with E-state index in [4.69, 9.17) is 9.84 Å². The van der Waals surface area contributed by atoms with E-state index < -0.39 is 5.97 Å². The molecule has 1 rings (SSSR count). The van der Waals surface area contributed by atoms with E-state index in [1.807, 2.05) is 30.1 Å². The number of aliphatic carboxylic acids is 1. The average Bonchev–Trinajstić information content (AvgIpc) is 2.41. The van der Waals surface area contributed by atoms with Gasteiger partial charge in [0.2, 0.25) is 0 Å². The van der Waals surface area contributed by atoms with E-state index in [2.05, 4.69) is 12.1 Å². The van der Waals surface area contributed by atoms with Crippen molar-refractivity contribution >= 4 is 18.4 Å².